The minimum atomic E-state index is -0.137. The van der Waals surface area contributed by atoms with E-state index in [0.29, 0.717) is 6.61 Å². The van der Waals surface area contributed by atoms with E-state index in [-0.39, 0.29) is 17.3 Å². The summed E-state index contributed by atoms with van der Waals surface area (Å²) in [6.07, 6.45) is 4.52. The van der Waals surface area contributed by atoms with E-state index in [4.69, 9.17) is 4.74 Å². The molecule has 3 aromatic rings. The molecular formula is C27H31NO2. The zero-order chi connectivity index (χ0) is 21.4. The predicted octanol–water partition coefficient (Wildman–Crippen LogP) is 6.58. The highest BCUT2D eigenvalue weighted by atomic mass is 16.5. The zero-order valence-corrected chi connectivity index (χ0v) is 18.2. The third kappa shape index (κ3) is 5.35. The highest BCUT2D eigenvalue weighted by molar-refractivity contribution is 5.72. The monoisotopic (exact) mass is 401 g/mol. The Labute approximate surface area is 180 Å². The van der Waals surface area contributed by atoms with Crippen molar-refractivity contribution in [2.45, 2.75) is 52.1 Å². The maximum atomic E-state index is 12.5. The molecule has 0 fully saturated rings. The van der Waals surface area contributed by atoms with Crippen LogP contribution in [0, 0.1) is 5.92 Å². The molecular weight excluding hydrogens is 370 g/mol. The molecule has 0 saturated carbocycles. The van der Waals surface area contributed by atoms with Crippen molar-refractivity contribution >= 4 is 5.97 Å². The molecule has 0 spiro atoms. The molecule has 30 heavy (non-hydrogen) atoms. The van der Waals surface area contributed by atoms with Crippen molar-refractivity contribution in [3.05, 3.63) is 90.1 Å². The second kappa shape index (κ2) is 10.2. The van der Waals surface area contributed by atoms with Gasteiger partial charge >= 0.3 is 5.97 Å². The number of hydrogen-bond acceptors (Lipinski definition) is 3. The fraction of sp³-hybridized carbons (Fsp3) is 0.333. The van der Waals surface area contributed by atoms with Crippen molar-refractivity contribution in [2.24, 2.45) is 5.92 Å². The minimum absolute atomic E-state index is 0.0396. The van der Waals surface area contributed by atoms with Crippen LogP contribution in [0.2, 0.25) is 0 Å². The summed E-state index contributed by atoms with van der Waals surface area (Å²) >= 11 is 0. The molecule has 2 aromatic carbocycles. The van der Waals surface area contributed by atoms with Gasteiger partial charge in [0.15, 0.2) is 0 Å². The first-order chi connectivity index (χ1) is 14.5. The molecule has 0 saturated heterocycles. The number of nitrogens with zero attached hydrogens (tertiary/aromatic N) is 1. The van der Waals surface area contributed by atoms with Crippen molar-refractivity contribution in [3.63, 3.8) is 0 Å². The maximum absolute atomic E-state index is 12.5. The summed E-state index contributed by atoms with van der Waals surface area (Å²) in [7, 11) is 0. The molecule has 0 aliphatic rings. The van der Waals surface area contributed by atoms with E-state index >= 15 is 0 Å². The van der Waals surface area contributed by atoms with Crippen LogP contribution in [0.4, 0.5) is 0 Å². The average Bonchev–Trinajstić information content (AvgIpc) is 2.82. The van der Waals surface area contributed by atoms with E-state index in [1.807, 2.05) is 55.6 Å². The first-order valence-electron chi connectivity index (χ1n) is 10.7. The Hall–Kier alpha value is -2.94. The van der Waals surface area contributed by atoms with Crippen LogP contribution in [0.25, 0.3) is 11.3 Å². The number of carbonyl (C=O) groups is 1. The third-order valence-corrected chi connectivity index (χ3v) is 6.05. The fourth-order valence-corrected chi connectivity index (χ4v) is 3.78. The number of aromatic nitrogens is 1. The Morgan fingerprint density at radius 2 is 1.70 bits per heavy atom. The van der Waals surface area contributed by atoms with Crippen molar-refractivity contribution in [1.29, 1.82) is 0 Å². The van der Waals surface area contributed by atoms with E-state index in [0.717, 1.165) is 30.5 Å². The zero-order valence-electron chi connectivity index (χ0n) is 18.2. The molecule has 0 radical (unpaired) electrons. The number of benzene rings is 2. The van der Waals surface area contributed by atoms with E-state index < -0.39 is 0 Å². The van der Waals surface area contributed by atoms with Crippen LogP contribution < -0.4 is 0 Å². The van der Waals surface area contributed by atoms with Crippen LogP contribution in [-0.4, -0.2) is 11.0 Å². The van der Waals surface area contributed by atoms with Crippen molar-refractivity contribution in [1.82, 2.24) is 4.98 Å². The fourth-order valence-electron chi connectivity index (χ4n) is 3.78. The smallest absolute Gasteiger partial charge is 0.308 e. The van der Waals surface area contributed by atoms with E-state index in [2.05, 4.69) is 49.2 Å². The highest BCUT2D eigenvalue weighted by Gasteiger charge is 2.29. The van der Waals surface area contributed by atoms with Gasteiger partial charge in [-0.15, -0.1) is 0 Å². The van der Waals surface area contributed by atoms with Gasteiger partial charge in [0.25, 0.3) is 0 Å². The lowest BCUT2D eigenvalue weighted by atomic mass is 9.73. The molecule has 3 heteroatoms. The number of carbonyl (C=O) groups excluding carboxylic acids is 1. The van der Waals surface area contributed by atoms with Crippen LogP contribution in [0.3, 0.4) is 0 Å². The molecule has 0 aliphatic heterocycles. The van der Waals surface area contributed by atoms with Gasteiger partial charge in [-0.05, 0) is 47.9 Å². The predicted molar refractivity (Wildman–Crippen MR) is 122 cm³/mol. The van der Waals surface area contributed by atoms with Crippen molar-refractivity contribution in [3.8, 4) is 11.3 Å². The summed E-state index contributed by atoms with van der Waals surface area (Å²) in [4.78, 5) is 17.1. The standard InChI is InChI=1S/C27H31NO2/c1-4-27(3,24-15-9-8-14-23(24)25-16-10-11-19-28-25)18-17-21(2)26(29)30-20-22-12-6-5-7-13-22/h5-16,19,21H,4,17-18,20H2,1-3H3. The Balaban J connectivity index is 1.68. The number of hydrogen-bond donors (Lipinski definition) is 0. The van der Waals surface area contributed by atoms with Crippen molar-refractivity contribution < 1.29 is 9.53 Å². The molecule has 0 aliphatic carbocycles. The lowest BCUT2D eigenvalue weighted by Crippen LogP contribution is -2.25. The second-order valence-electron chi connectivity index (χ2n) is 8.21. The van der Waals surface area contributed by atoms with E-state index in [1.165, 1.54) is 11.1 Å². The molecule has 0 amide bonds. The van der Waals surface area contributed by atoms with Gasteiger partial charge < -0.3 is 4.74 Å². The van der Waals surface area contributed by atoms with Crippen LogP contribution in [0.1, 0.15) is 51.2 Å². The van der Waals surface area contributed by atoms with Crippen LogP contribution in [0.5, 0.6) is 0 Å². The maximum Gasteiger partial charge on any atom is 0.308 e. The van der Waals surface area contributed by atoms with Crippen LogP contribution in [0.15, 0.2) is 79.0 Å². The van der Waals surface area contributed by atoms with Gasteiger partial charge in [0.2, 0.25) is 0 Å². The first kappa shape index (κ1) is 21.8. The summed E-state index contributed by atoms with van der Waals surface area (Å²) in [5.74, 6) is -0.267. The molecule has 2 atom stereocenters. The Morgan fingerprint density at radius 3 is 2.40 bits per heavy atom. The van der Waals surface area contributed by atoms with Crippen molar-refractivity contribution in [2.75, 3.05) is 0 Å². The lowest BCUT2D eigenvalue weighted by Gasteiger charge is -2.32. The van der Waals surface area contributed by atoms with Gasteiger partial charge in [0.1, 0.15) is 6.61 Å². The average molecular weight is 402 g/mol. The normalized spacial score (nSPS) is 14.0. The van der Waals surface area contributed by atoms with Crippen LogP contribution in [-0.2, 0) is 21.6 Å². The third-order valence-electron chi connectivity index (χ3n) is 6.05. The minimum Gasteiger partial charge on any atom is -0.461 e. The SMILES string of the molecule is CCC(C)(CCC(C)C(=O)OCc1ccccc1)c1ccccc1-c1ccccn1. The number of esters is 1. The molecule has 3 nitrogen and oxygen atoms in total. The largest absolute Gasteiger partial charge is 0.461 e. The topological polar surface area (TPSA) is 39.2 Å². The van der Waals surface area contributed by atoms with E-state index in [1.54, 1.807) is 0 Å². The summed E-state index contributed by atoms with van der Waals surface area (Å²) < 4.78 is 5.54. The molecule has 2 unspecified atom stereocenters. The number of pyridine rings is 1. The van der Waals surface area contributed by atoms with E-state index in [9.17, 15) is 4.79 Å². The highest BCUT2D eigenvalue weighted by Crippen LogP contribution is 2.39. The molecule has 1 heterocycles. The number of ether oxygens (including phenoxy) is 1. The van der Waals surface area contributed by atoms with Gasteiger partial charge in [0.05, 0.1) is 11.6 Å². The van der Waals surface area contributed by atoms with Crippen LogP contribution >= 0.6 is 0 Å². The molecule has 0 N–H and O–H groups in total. The van der Waals surface area contributed by atoms with Gasteiger partial charge in [-0.25, -0.2) is 0 Å². The Morgan fingerprint density at radius 1 is 1.00 bits per heavy atom. The Kier molecular flexibility index (Phi) is 7.40. The first-order valence-corrected chi connectivity index (χ1v) is 10.7. The summed E-state index contributed by atoms with van der Waals surface area (Å²) in [5, 5.41) is 0. The lowest BCUT2D eigenvalue weighted by molar-refractivity contribution is -0.149. The van der Waals surface area contributed by atoms with Gasteiger partial charge in [0, 0.05) is 11.8 Å². The number of rotatable bonds is 9. The quantitative estimate of drug-likeness (QED) is 0.380. The van der Waals surface area contributed by atoms with Gasteiger partial charge in [-0.3, -0.25) is 9.78 Å². The molecule has 156 valence electrons. The molecule has 1 aromatic heterocycles. The Bertz CT molecular complexity index is 939. The summed E-state index contributed by atoms with van der Waals surface area (Å²) in [5.41, 5.74) is 4.42. The van der Waals surface area contributed by atoms with Gasteiger partial charge in [-0.2, -0.15) is 0 Å². The molecule has 3 rings (SSSR count). The summed E-state index contributed by atoms with van der Waals surface area (Å²) in [6, 6.07) is 24.3. The molecule has 0 bridgehead atoms. The van der Waals surface area contributed by atoms with Gasteiger partial charge in [-0.1, -0.05) is 81.4 Å². The summed E-state index contributed by atoms with van der Waals surface area (Å²) in [6.45, 7) is 6.80. The second-order valence-corrected chi connectivity index (χ2v) is 8.21.